The molecule has 0 fully saturated rings. The van der Waals surface area contributed by atoms with Crippen LogP contribution in [0.5, 0.6) is 0 Å². The Bertz CT molecular complexity index is 264. The summed E-state index contributed by atoms with van der Waals surface area (Å²) in [5.74, 6) is -0.165. The molecule has 0 aromatic carbocycles. The molecule has 1 rings (SSSR count). The number of esters is 1. The van der Waals surface area contributed by atoms with Crippen molar-refractivity contribution in [2.24, 2.45) is 0 Å². The Morgan fingerprint density at radius 1 is 1.71 bits per heavy atom. The molecule has 78 valence electrons. The quantitative estimate of drug-likeness (QED) is 0.555. The summed E-state index contributed by atoms with van der Waals surface area (Å²) >= 11 is 1.34. The van der Waals surface area contributed by atoms with E-state index in [1.54, 1.807) is 0 Å². The van der Waals surface area contributed by atoms with Gasteiger partial charge < -0.3 is 10.1 Å². The number of nitrogens with one attached hydrogen (secondary N) is 1. The Labute approximate surface area is 86.6 Å². The second-order valence-electron chi connectivity index (χ2n) is 2.75. The van der Waals surface area contributed by atoms with Crippen molar-refractivity contribution in [1.82, 2.24) is 14.9 Å². The van der Waals surface area contributed by atoms with Crippen LogP contribution in [0.3, 0.4) is 0 Å². The molecule has 14 heavy (non-hydrogen) atoms. The summed E-state index contributed by atoms with van der Waals surface area (Å²) in [5.41, 5.74) is 0.938. The van der Waals surface area contributed by atoms with Crippen molar-refractivity contribution in [3.8, 4) is 0 Å². The maximum absolute atomic E-state index is 10.7. The molecule has 6 heteroatoms. The van der Waals surface area contributed by atoms with Crippen LogP contribution in [0, 0.1) is 0 Å². The lowest BCUT2D eigenvalue weighted by atomic mass is 10.3. The van der Waals surface area contributed by atoms with Crippen LogP contribution in [0.1, 0.15) is 18.5 Å². The highest BCUT2D eigenvalue weighted by atomic mass is 32.1. The van der Waals surface area contributed by atoms with E-state index >= 15 is 0 Å². The van der Waals surface area contributed by atoms with E-state index in [-0.39, 0.29) is 5.97 Å². The molecule has 0 amide bonds. The number of methoxy groups -OCH3 is 1. The topological polar surface area (TPSA) is 64.1 Å². The summed E-state index contributed by atoms with van der Waals surface area (Å²) in [5, 5.41) is 8.94. The number of ether oxygens (including phenoxy) is 1. The minimum Gasteiger partial charge on any atom is -0.469 e. The van der Waals surface area contributed by atoms with E-state index in [2.05, 4.69) is 19.6 Å². The van der Waals surface area contributed by atoms with E-state index in [0.29, 0.717) is 13.0 Å². The van der Waals surface area contributed by atoms with Gasteiger partial charge in [-0.15, -0.1) is 5.10 Å². The van der Waals surface area contributed by atoms with Crippen molar-refractivity contribution in [1.29, 1.82) is 0 Å². The van der Waals surface area contributed by atoms with Crippen molar-refractivity contribution in [3.05, 3.63) is 11.1 Å². The molecule has 0 saturated carbocycles. The van der Waals surface area contributed by atoms with Crippen LogP contribution in [0.25, 0.3) is 0 Å². The summed E-state index contributed by atoms with van der Waals surface area (Å²) in [6.07, 6.45) is 1.24. The van der Waals surface area contributed by atoms with E-state index in [0.717, 1.165) is 18.7 Å². The molecule has 0 aliphatic rings. The zero-order valence-electron chi connectivity index (χ0n) is 8.02. The minimum absolute atomic E-state index is 0.165. The zero-order valence-corrected chi connectivity index (χ0v) is 8.84. The molecule has 1 aromatic rings. The Kier molecular flexibility index (Phi) is 5.09. The Morgan fingerprint density at radius 3 is 3.21 bits per heavy atom. The largest absolute Gasteiger partial charge is 0.469 e. The second-order valence-corrected chi connectivity index (χ2v) is 3.36. The van der Waals surface area contributed by atoms with Gasteiger partial charge >= 0.3 is 5.97 Å². The Balaban J connectivity index is 1.97. The van der Waals surface area contributed by atoms with Crippen molar-refractivity contribution >= 4 is 17.5 Å². The maximum atomic E-state index is 10.7. The first-order valence-electron chi connectivity index (χ1n) is 4.36. The van der Waals surface area contributed by atoms with Crippen LogP contribution in [0.15, 0.2) is 5.38 Å². The molecule has 0 saturated heterocycles. The van der Waals surface area contributed by atoms with Gasteiger partial charge in [0, 0.05) is 18.3 Å². The van der Waals surface area contributed by atoms with Crippen molar-refractivity contribution in [2.75, 3.05) is 13.7 Å². The molecule has 0 aliphatic heterocycles. The van der Waals surface area contributed by atoms with Gasteiger partial charge in [0.2, 0.25) is 0 Å². The van der Waals surface area contributed by atoms with Gasteiger partial charge in [0.05, 0.1) is 12.8 Å². The fraction of sp³-hybridized carbons (Fsp3) is 0.625. The van der Waals surface area contributed by atoms with Crippen molar-refractivity contribution in [2.45, 2.75) is 19.4 Å². The van der Waals surface area contributed by atoms with Crippen LogP contribution in [0.2, 0.25) is 0 Å². The fourth-order valence-electron chi connectivity index (χ4n) is 0.937. The highest BCUT2D eigenvalue weighted by molar-refractivity contribution is 7.03. The van der Waals surface area contributed by atoms with Crippen molar-refractivity contribution < 1.29 is 9.53 Å². The monoisotopic (exact) mass is 215 g/mol. The summed E-state index contributed by atoms with van der Waals surface area (Å²) < 4.78 is 8.26. The first kappa shape index (κ1) is 11.1. The molecule has 0 atom stereocenters. The Hall–Kier alpha value is -1.01. The molecule has 0 unspecified atom stereocenters. The minimum atomic E-state index is -0.165. The molecule has 0 radical (unpaired) electrons. The van der Waals surface area contributed by atoms with Crippen LogP contribution in [0.4, 0.5) is 0 Å². The smallest absolute Gasteiger partial charge is 0.305 e. The molecule has 5 nitrogen and oxygen atoms in total. The summed E-state index contributed by atoms with van der Waals surface area (Å²) in [6.45, 7) is 1.49. The number of carbonyl (C=O) groups is 1. The predicted octanol–water partition coefficient (Wildman–Crippen LogP) is 0.581. The second kappa shape index (κ2) is 6.44. The normalized spacial score (nSPS) is 10.1. The zero-order chi connectivity index (χ0) is 10.2. The molecule has 0 spiro atoms. The predicted molar refractivity (Wildman–Crippen MR) is 52.9 cm³/mol. The van der Waals surface area contributed by atoms with E-state index in [4.69, 9.17) is 0 Å². The summed E-state index contributed by atoms with van der Waals surface area (Å²) in [7, 11) is 1.40. The van der Waals surface area contributed by atoms with E-state index in [1.165, 1.54) is 18.6 Å². The van der Waals surface area contributed by atoms with Gasteiger partial charge in [0.1, 0.15) is 0 Å². The molecule has 1 heterocycles. The molecular formula is C8H13N3O2S. The number of carbonyl (C=O) groups excluding carboxylic acids is 1. The molecule has 1 aromatic heterocycles. The molecular weight excluding hydrogens is 202 g/mol. The summed E-state index contributed by atoms with van der Waals surface area (Å²) in [4.78, 5) is 10.7. The van der Waals surface area contributed by atoms with E-state index in [9.17, 15) is 4.79 Å². The highest BCUT2D eigenvalue weighted by Crippen LogP contribution is 1.96. The maximum Gasteiger partial charge on any atom is 0.305 e. The van der Waals surface area contributed by atoms with Crippen LogP contribution in [-0.4, -0.2) is 29.2 Å². The Morgan fingerprint density at radius 2 is 2.57 bits per heavy atom. The number of aromatic nitrogens is 2. The van der Waals surface area contributed by atoms with Gasteiger partial charge in [0.15, 0.2) is 0 Å². The first-order chi connectivity index (χ1) is 6.83. The lowest BCUT2D eigenvalue weighted by molar-refractivity contribution is -0.140. The van der Waals surface area contributed by atoms with Gasteiger partial charge in [0.25, 0.3) is 0 Å². The van der Waals surface area contributed by atoms with Gasteiger partial charge in [-0.2, -0.15) is 0 Å². The lowest BCUT2D eigenvalue weighted by Gasteiger charge is -2.01. The van der Waals surface area contributed by atoms with Gasteiger partial charge in [-0.05, 0) is 24.5 Å². The number of hydrogen-bond donors (Lipinski definition) is 1. The van der Waals surface area contributed by atoms with Crippen molar-refractivity contribution in [3.63, 3.8) is 0 Å². The number of nitrogens with zero attached hydrogens (tertiary/aromatic N) is 2. The van der Waals surface area contributed by atoms with Crippen LogP contribution in [-0.2, 0) is 16.1 Å². The molecule has 0 bridgehead atoms. The van der Waals surface area contributed by atoms with Gasteiger partial charge in [-0.1, -0.05) is 4.49 Å². The first-order valence-corrected chi connectivity index (χ1v) is 5.20. The van der Waals surface area contributed by atoms with Gasteiger partial charge in [-0.25, -0.2) is 0 Å². The van der Waals surface area contributed by atoms with Crippen LogP contribution >= 0.6 is 11.5 Å². The average molecular weight is 215 g/mol. The summed E-state index contributed by atoms with van der Waals surface area (Å²) in [6, 6.07) is 0. The molecule has 1 N–H and O–H groups in total. The number of hydrogen-bond acceptors (Lipinski definition) is 6. The van der Waals surface area contributed by atoms with E-state index < -0.39 is 0 Å². The third-order valence-corrected chi connectivity index (χ3v) is 2.23. The number of rotatable bonds is 6. The van der Waals surface area contributed by atoms with E-state index in [1.807, 2.05) is 5.38 Å². The third-order valence-electron chi connectivity index (χ3n) is 1.67. The van der Waals surface area contributed by atoms with Gasteiger partial charge in [-0.3, -0.25) is 4.79 Å². The fourth-order valence-corrected chi connectivity index (χ4v) is 1.39. The third kappa shape index (κ3) is 4.29. The standard InChI is InChI=1S/C8H13N3O2S/c1-13-8(12)3-2-4-9-5-7-6-14-11-10-7/h6,9H,2-5H2,1H3. The average Bonchev–Trinajstić information content (AvgIpc) is 2.69. The highest BCUT2D eigenvalue weighted by Gasteiger charge is 1.99. The lowest BCUT2D eigenvalue weighted by Crippen LogP contribution is -2.16. The molecule has 0 aliphatic carbocycles. The van der Waals surface area contributed by atoms with Crippen LogP contribution < -0.4 is 5.32 Å². The SMILES string of the molecule is COC(=O)CCCNCc1csnn1.